The van der Waals surface area contributed by atoms with Crippen LogP contribution < -0.4 is 0 Å². The number of halogens is 1. The molecule has 1 aromatic heterocycles. The molecule has 0 N–H and O–H groups in total. The summed E-state index contributed by atoms with van der Waals surface area (Å²) in [6.45, 7) is 5.16. The molecule has 0 saturated carbocycles. The molecule has 0 atom stereocenters. The van der Waals surface area contributed by atoms with Crippen LogP contribution in [0.1, 0.15) is 36.0 Å². The lowest BCUT2D eigenvalue weighted by Crippen LogP contribution is -2.32. The summed E-state index contributed by atoms with van der Waals surface area (Å²) < 4.78 is 5.33. The molecular formula is C16H20ClN3O2. The van der Waals surface area contributed by atoms with E-state index < -0.39 is 0 Å². The van der Waals surface area contributed by atoms with Gasteiger partial charge in [0.1, 0.15) is 6.29 Å². The van der Waals surface area contributed by atoms with Crippen LogP contribution in [0, 0.1) is 5.92 Å². The molecule has 0 radical (unpaired) electrons. The van der Waals surface area contributed by atoms with Gasteiger partial charge in [0, 0.05) is 11.1 Å². The molecule has 1 aromatic carbocycles. The number of rotatable bonds is 4. The molecule has 2 aromatic rings. The van der Waals surface area contributed by atoms with Crippen LogP contribution in [0.25, 0.3) is 11.4 Å². The zero-order chi connectivity index (χ0) is 14.7. The third kappa shape index (κ3) is 3.93. The Morgan fingerprint density at radius 1 is 1.36 bits per heavy atom. The first-order valence-electron chi connectivity index (χ1n) is 7.35. The number of aldehydes is 1. The second-order valence-electron chi connectivity index (χ2n) is 5.71. The van der Waals surface area contributed by atoms with Gasteiger partial charge in [0.2, 0.25) is 11.7 Å². The summed E-state index contributed by atoms with van der Waals surface area (Å²) >= 11 is 0. The maximum atomic E-state index is 10.8. The number of benzene rings is 1. The van der Waals surface area contributed by atoms with Crippen molar-refractivity contribution in [2.24, 2.45) is 5.92 Å². The molecule has 0 aliphatic carbocycles. The minimum Gasteiger partial charge on any atom is -0.338 e. The van der Waals surface area contributed by atoms with Crippen molar-refractivity contribution in [3.8, 4) is 11.4 Å². The van der Waals surface area contributed by atoms with Crippen molar-refractivity contribution in [3.63, 3.8) is 0 Å². The van der Waals surface area contributed by atoms with E-state index in [-0.39, 0.29) is 12.4 Å². The summed E-state index contributed by atoms with van der Waals surface area (Å²) in [5, 5.41) is 4.01. The lowest BCUT2D eigenvalue weighted by molar-refractivity contribution is 0.112. The fourth-order valence-electron chi connectivity index (χ4n) is 2.60. The van der Waals surface area contributed by atoms with Crippen molar-refractivity contribution in [3.05, 3.63) is 35.7 Å². The van der Waals surface area contributed by atoms with E-state index in [1.165, 1.54) is 12.8 Å². The molecule has 118 valence electrons. The van der Waals surface area contributed by atoms with Crippen LogP contribution in [0.5, 0.6) is 0 Å². The van der Waals surface area contributed by atoms with Crippen LogP contribution in [0.3, 0.4) is 0 Å². The lowest BCUT2D eigenvalue weighted by atomic mass is 9.99. The highest BCUT2D eigenvalue weighted by Gasteiger charge is 2.18. The topological polar surface area (TPSA) is 59.2 Å². The molecule has 0 bridgehead atoms. The summed E-state index contributed by atoms with van der Waals surface area (Å²) in [6.07, 6.45) is 3.27. The summed E-state index contributed by atoms with van der Waals surface area (Å²) in [7, 11) is 0. The van der Waals surface area contributed by atoms with Crippen molar-refractivity contribution in [1.82, 2.24) is 15.0 Å². The lowest BCUT2D eigenvalue weighted by Gasteiger charge is -2.28. The third-order valence-corrected chi connectivity index (χ3v) is 3.98. The predicted molar refractivity (Wildman–Crippen MR) is 86.0 cm³/mol. The Balaban J connectivity index is 0.00000176. The van der Waals surface area contributed by atoms with Crippen molar-refractivity contribution in [2.45, 2.75) is 26.3 Å². The zero-order valence-electron chi connectivity index (χ0n) is 12.6. The van der Waals surface area contributed by atoms with E-state index in [1.807, 2.05) is 12.1 Å². The molecule has 0 amide bonds. The van der Waals surface area contributed by atoms with E-state index in [4.69, 9.17) is 4.52 Å². The molecule has 0 spiro atoms. The molecule has 1 aliphatic heterocycles. The molecule has 1 saturated heterocycles. The van der Waals surface area contributed by atoms with Gasteiger partial charge in [-0.25, -0.2) is 0 Å². The minimum atomic E-state index is 0. The smallest absolute Gasteiger partial charge is 0.241 e. The predicted octanol–water partition coefficient (Wildman–Crippen LogP) is 3.20. The van der Waals surface area contributed by atoms with Gasteiger partial charge in [-0.2, -0.15) is 4.98 Å². The molecule has 1 aliphatic rings. The monoisotopic (exact) mass is 321 g/mol. The van der Waals surface area contributed by atoms with Crippen LogP contribution >= 0.6 is 12.4 Å². The number of carbonyl (C=O) groups excluding carboxylic acids is 1. The van der Waals surface area contributed by atoms with E-state index in [2.05, 4.69) is 22.0 Å². The molecule has 0 unspecified atom stereocenters. The number of nitrogens with zero attached hydrogens (tertiary/aromatic N) is 3. The number of hydrogen-bond donors (Lipinski definition) is 0. The summed E-state index contributed by atoms with van der Waals surface area (Å²) in [5.74, 6) is 1.99. The molecular weight excluding hydrogens is 302 g/mol. The SMILES string of the molecule is CC1CCN(Cc2nc(-c3cccc(C=O)c3)no2)CC1.Cl. The highest BCUT2D eigenvalue weighted by atomic mass is 35.5. The number of hydrogen-bond acceptors (Lipinski definition) is 5. The van der Waals surface area contributed by atoms with Gasteiger partial charge in [0.25, 0.3) is 0 Å². The summed E-state index contributed by atoms with van der Waals surface area (Å²) in [4.78, 5) is 17.6. The largest absolute Gasteiger partial charge is 0.338 e. The summed E-state index contributed by atoms with van der Waals surface area (Å²) in [5.41, 5.74) is 1.42. The van der Waals surface area contributed by atoms with Gasteiger partial charge >= 0.3 is 0 Å². The van der Waals surface area contributed by atoms with E-state index in [1.54, 1.807) is 12.1 Å². The zero-order valence-corrected chi connectivity index (χ0v) is 13.4. The van der Waals surface area contributed by atoms with Gasteiger partial charge in [-0.05, 0) is 37.9 Å². The Morgan fingerprint density at radius 3 is 2.86 bits per heavy atom. The first-order valence-corrected chi connectivity index (χ1v) is 7.35. The van der Waals surface area contributed by atoms with Gasteiger partial charge in [0.05, 0.1) is 6.54 Å². The average Bonchev–Trinajstić information content (AvgIpc) is 2.98. The molecule has 6 heteroatoms. The van der Waals surface area contributed by atoms with Gasteiger partial charge < -0.3 is 4.52 Å². The number of piperidine rings is 1. The molecule has 2 heterocycles. The van der Waals surface area contributed by atoms with Crippen LogP contribution in [-0.4, -0.2) is 34.4 Å². The molecule has 3 rings (SSSR count). The molecule has 22 heavy (non-hydrogen) atoms. The first-order chi connectivity index (χ1) is 10.2. The normalized spacial score (nSPS) is 16.2. The maximum absolute atomic E-state index is 10.8. The summed E-state index contributed by atoms with van der Waals surface area (Å²) in [6, 6.07) is 7.22. The maximum Gasteiger partial charge on any atom is 0.241 e. The number of carbonyl (C=O) groups is 1. The van der Waals surface area contributed by atoms with Crippen LogP contribution in [0.4, 0.5) is 0 Å². The van der Waals surface area contributed by atoms with Crippen molar-refractivity contribution in [2.75, 3.05) is 13.1 Å². The molecule has 5 nitrogen and oxygen atoms in total. The highest BCUT2D eigenvalue weighted by molar-refractivity contribution is 5.85. The van der Waals surface area contributed by atoms with Crippen LogP contribution in [0.2, 0.25) is 0 Å². The third-order valence-electron chi connectivity index (χ3n) is 3.98. The fourth-order valence-corrected chi connectivity index (χ4v) is 2.60. The van der Waals surface area contributed by atoms with Crippen molar-refractivity contribution in [1.29, 1.82) is 0 Å². The van der Waals surface area contributed by atoms with E-state index >= 15 is 0 Å². The van der Waals surface area contributed by atoms with E-state index in [0.717, 1.165) is 30.9 Å². The Kier molecular flexibility index (Phi) is 5.69. The van der Waals surface area contributed by atoms with Gasteiger partial charge in [-0.3, -0.25) is 9.69 Å². The second kappa shape index (κ2) is 7.51. The Morgan fingerprint density at radius 2 is 2.14 bits per heavy atom. The van der Waals surface area contributed by atoms with Gasteiger partial charge in [-0.15, -0.1) is 12.4 Å². The van der Waals surface area contributed by atoms with Gasteiger partial charge in [0.15, 0.2) is 0 Å². The van der Waals surface area contributed by atoms with E-state index in [0.29, 0.717) is 23.8 Å². The average molecular weight is 322 g/mol. The Labute approximate surface area is 136 Å². The van der Waals surface area contributed by atoms with Crippen LogP contribution in [-0.2, 0) is 6.54 Å². The molecule has 1 fully saturated rings. The number of likely N-dealkylation sites (tertiary alicyclic amines) is 1. The minimum absolute atomic E-state index is 0. The first kappa shape index (κ1) is 16.6. The van der Waals surface area contributed by atoms with Crippen LogP contribution in [0.15, 0.2) is 28.8 Å². The van der Waals surface area contributed by atoms with Gasteiger partial charge in [-0.1, -0.05) is 30.3 Å². The van der Waals surface area contributed by atoms with Crippen molar-refractivity contribution >= 4 is 18.7 Å². The highest BCUT2D eigenvalue weighted by Crippen LogP contribution is 2.20. The Bertz CT molecular complexity index is 621. The quantitative estimate of drug-likeness (QED) is 0.809. The number of aromatic nitrogens is 2. The fraction of sp³-hybridized carbons (Fsp3) is 0.438. The second-order valence-corrected chi connectivity index (χ2v) is 5.71. The van der Waals surface area contributed by atoms with Crippen molar-refractivity contribution < 1.29 is 9.32 Å². The standard InChI is InChI=1S/C16H19N3O2.ClH/c1-12-5-7-19(8-6-12)10-15-17-16(18-21-15)14-4-2-3-13(9-14)11-20;/h2-4,9,11-12H,5-8,10H2,1H3;1H. The Hall–Kier alpha value is -1.72. The van der Waals surface area contributed by atoms with E-state index in [9.17, 15) is 4.79 Å².